The fraction of sp³-hybridized carbons (Fsp3) is 0.176. The summed E-state index contributed by atoms with van der Waals surface area (Å²) in [5, 5.41) is 7.77. The number of hydrogen-bond donors (Lipinski definition) is 1. The molecule has 0 fully saturated rings. The highest BCUT2D eigenvalue weighted by Gasteiger charge is 2.03. The first kappa shape index (κ1) is 13.5. The first-order chi connectivity index (χ1) is 10.3. The second-order valence-electron chi connectivity index (χ2n) is 5.05. The Balaban J connectivity index is 1.69. The van der Waals surface area contributed by atoms with E-state index in [9.17, 15) is 0 Å². The molecule has 0 aliphatic carbocycles. The van der Waals surface area contributed by atoms with Crippen LogP contribution in [0.15, 0.2) is 61.2 Å². The van der Waals surface area contributed by atoms with E-state index in [2.05, 4.69) is 46.6 Å². The molecule has 0 aliphatic rings. The van der Waals surface area contributed by atoms with Crippen molar-refractivity contribution in [2.75, 3.05) is 0 Å². The monoisotopic (exact) mass is 278 g/mol. The van der Waals surface area contributed by atoms with E-state index in [0.29, 0.717) is 0 Å². The van der Waals surface area contributed by atoms with E-state index >= 15 is 0 Å². The molecule has 0 spiro atoms. The van der Waals surface area contributed by atoms with Crippen molar-refractivity contribution in [3.05, 3.63) is 77.9 Å². The van der Waals surface area contributed by atoms with Gasteiger partial charge >= 0.3 is 0 Å². The van der Waals surface area contributed by atoms with Crippen molar-refractivity contribution in [1.82, 2.24) is 20.1 Å². The quantitative estimate of drug-likeness (QED) is 0.780. The van der Waals surface area contributed by atoms with Crippen molar-refractivity contribution < 1.29 is 0 Å². The summed E-state index contributed by atoms with van der Waals surface area (Å²) >= 11 is 0. The van der Waals surface area contributed by atoms with Gasteiger partial charge in [0, 0.05) is 37.9 Å². The zero-order valence-electron chi connectivity index (χ0n) is 12.0. The van der Waals surface area contributed by atoms with E-state index < -0.39 is 0 Å². The van der Waals surface area contributed by atoms with Crippen LogP contribution >= 0.6 is 0 Å². The summed E-state index contributed by atoms with van der Waals surface area (Å²) in [6.07, 6.45) is 7.53. The van der Waals surface area contributed by atoms with Gasteiger partial charge in [-0.25, -0.2) is 4.68 Å². The van der Waals surface area contributed by atoms with Gasteiger partial charge in [0.25, 0.3) is 0 Å². The summed E-state index contributed by atoms with van der Waals surface area (Å²) in [4.78, 5) is 4.21. The highest BCUT2D eigenvalue weighted by atomic mass is 15.3. The van der Waals surface area contributed by atoms with Crippen LogP contribution in [0.2, 0.25) is 0 Å². The van der Waals surface area contributed by atoms with E-state index in [1.165, 1.54) is 16.7 Å². The maximum Gasteiger partial charge on any atom is 0.0690 e. The minimum Gasteiger partial charge on any atom is -0.308 e. The van der Waals surface area contributed by atoms with Gasteiger partial charge in [-0.3, -0.25) is 4.98 Å². The van der Waals surface area contributed by atoms with Gasteiger partial charge in [-0.2, -0.15) is 5.10 Å². The summed E-state index contributed by atoms with van der Waals surface area (Å²) < 4.78 is 1.89. The molecule has 0 radical (unpaired) electrons. The molecule has 1 N–H and O–H groups in total. The maximum absolute atomic E-state index is 4.30. The van der Waals surface area contributed by atoms with Crippen LogP contribution in [-0.4, -0.2) is 14.8 Å². The molecule has 0 aliphatic heterocycles. The van der Waals surface area contributed by atoms with Crippen LogP contribution in [-0.2, 0) is 13.1 Å². The van der Waals surface area contributed by atoms with Crippen LogP contribution < -0.4 is 5.32 Å². The van der Waals surface area contributed by atoms with Gasteiger partial charge in [0.2, 0.25) is 0 Å². The predicted molar refractivity (Wildman–Crippen MR) is 83.1 cm³/mol. The lowest BCUT2D eigenvalue weighted by Crippen LogP contribution is -2.14. The summed E-state index contributed by atoms with van der Waals surface area (Å²) in [5.41, 5.74) is 4.72. The normalized spacial score (nSPS) is 10.7. The number of pyridine rings is 1. The van der Waals surface area contributed by atoms with Crippen LogP contribution in [0.5, 0.6) is 0 Å². The summed E-state index contributed by atoms with van der Waals surface area (Å²) in [6.45, 7) is 3.66. The lowest BCUT2D eigenvalue weighted by Gasteiger charge is -2.10. The Labute approximate surface area is 124 Å². The van der Waals surface area contributed by atoms with E-state index in [1.54, 1.807) is 6.20 Å². The molecule has 0 saturated heterocycles. The molecule has 106 valence electrons. The third-order valence-electron chi connectivity index (χ3n) is 3.32. The zero-order chi connectivity index (χ0) is 14.5. The Morgan fingerprint density at radius 2 is 2.00 bits per heavy atom. The van der Waals surface area contributed by atoms with Crippen molar-refractivity contribution >= 4 is 0 Å². The summed E-state index contributed by atoms with van der Waals surface area (Å²) in [7, 11) is 0. The number of para-hydroxylation sites is 1. The topological polar surface area (TPSA) is 42.7 Å². The second kappa shape index (κ2) is 6.33. The molecule has 3 aromatic rings. The van der Waals surface area contributed by atoms with Gasteiger partial charge in [0.1, 0.15) is 0 Å². The highest BCUT2D eigenvalue weighted by Crippen LogP contribution is 2.13. The molecule has 4 heteroatoms. The molecule has 0 saturated carbocycles. The Morgan fingerprint density at radius 1 is 1.10 bits per heavy atom. The van der Waals surface area contributed by atoms with Gasteiger partial charge in [0.15, 0.2) is 0 Å². The third-order valence-corrected chi connectivity index (χ3v) is 3.32. The predicted octanol–water partition coefficient (Wildman–Crippen LogP) is 2.87. The summed E-state index contributed by atoms with van der Waals surface area (Å²) in [6, 6.07) is 12.4. The first-order valence-corrected chi connectivity index (χ1v) is 7.02. The molecule has 0 bridgehead atoms. The SMILES string of the molecule is Cc1cncc(CNCc2ccccc2-n2cccn2)c1. The fourth-order valence-electron chi connectivity index (χ4n) is 2.35. The number of aromatic nitrogens is 3. The van der Waals surface area contributed by atoms with Crippen molar-refractivity contribution in [1.29, 1.82) is 0 Å². The molecule has 0 atom stereocenters. The lowest BCUT2D eigenvalue weighted by molar-refractivity contribution is 0.684. The first-order valence-electron chi connectivity index (χ1n) is 7.02. The highest BCUT2D eigenvalue weighted by molar-refractivity contribution is 5.40. The van der Waals surface area contributed by atoms with Crippen LogP contribution in [0.25, 0.3) is 5.69 Å². The van der Waals surface area contributed by atoms with E-state index in [1.807, 2.05) is 35.4 Å². The van der Waals surface area contributed by atoms with Crippen molar-refractivity contribution in [2.24, 2.45) is 0 Å². The van der Waals surface area contributed by atoms with Crippen LogP contribution in [0, 0.1) is 6.92 Å². The number of hydrogen-bond acceptors (Lipinski definition) is 3. The average Bonchev–Trinajstić information content (AvgIpc) is 3.02. The standard InChI is InChI=1S/C17H18N4/c1-14-9-15(11-18-10-14)12-19-13-16-5-2-3-6-17(16)21-8-4-7-20-21/h2-11,19H,12-13H2,1H3. The zero-order valence-corrected chi connectivity index (χ0v) is 12.0. The van der Waals surface area contributed by atoms with Crippen molar-refractivity contribution in [3.63, 3.8) is 0 Å². The molecular formula is C17H18N4. The number of aryl methyl sites for hydroxylation is 1. The van der Waals surface area contributed by atoms with E-state index in [4.69, 9.17) is 0 Å². The number of nitrogens with one attached hydrogen (secondary N) is 1. The Hall–Kier alpha value is -2.46. The minimum absolute atomic E-state index is 0.796. The molecule has 3 rings (SSSR count). The molecule has 1 aromatic carbocycles. The van der Waals surface area contributed by atoms with Gasteiger partial charge in [0.05, 0.1) is 5.69 Å². The Kier molecular flexibility index (Phi) is 4.07. The van der Waals surface area contributed by atoms with Gasteiger partial charge in [-0.1, -0.05) is 24.3 Å². The fourth-order valence-corrected chi connectivity index (χ4v) is 2.35. The van der Waals surface area contributed by atoms with Gasteiger partial charge in [-0.05, 0) is 35.7 Å². The van der Waals surface area contributed by atoms with Crippen LogP contribution in [0.3, 0.4) is 0 Å². The van der Waals surface area contributed by atoms with E-state index in [-0.39, 0.29) is 0 Å². The average molecular weight is 278 g/mol. The lowest BCUT2D eigenvalue weighted by atomic mass is 10.1. The van der Waals surface area contributed by atoms with Gasteiger partial charge in [-0.15, -0.1) is 0 Å². The third kappa shape index (κ3) is 3.35. The molecule has 4 nitrogen and oxygen atoms in total. The molecule has 0 unspecified atom stereocenters. The second-order valence-corrected chi connectivity index (χ2v) is 5.05. The molecule has 2 aromatic heterocycles. The maximum atomic E-state index is 4.30. The molecule has 2 heterocycles. The van der Waals surface area contributed by atoms with Gasteiger partial charge < -0.3 is 5.32 Å². The smallest absolute Gasteiger partial charge is 0.0690 e. The number of rotatable bonds is 5. The Morgan fingerprint density at radius 3 is 2.81 bits per heavy atom. The Bertz CT molecular complexity index is 704. The number of benzene rings is 1. The number of nitrogens with zero attached hydrogens (tertiary/aromatic N) is 3. The molecule has 21 heavy (non-hydrogen) atoms. The molecular weight excluding hydrogens is 260 g/mol. The molecule has 0 amide bonds. The van der Waals surface area contributed by atoms with Crippen LogP contribution in [0.4, 0.5) is 0 Å². The van der Waals surface area contributed by atoms with Crippen molar-refractivity contribution in [3.8, 4) is 5.69 Å². The van der Waals surface area contributed by atoms with E-state index in [0.717, 1.165) is 18.8 Å². The summed E-state index contributed by atoms with van der Waals surface area (Å²) in [5.74, 6) is 0. The minimum atomic E-state index is 0.796. The van der Waals surface area contributed by atoms with Crippen LogP contribution in [0.1, 0.15) is 16.7 Å². The largest absolute Gasteiger partial charge is 0.308 e. The van der Waals surface area contributed by atoms with Crippen molar-refractivity contribution in [2.45, 2.75) is 20.0 Å².